The van der Waals surface area contributed by atoms with E-state index >= 15 is 0 Å². The number of benzene rings is 1. The summed E-state index contributed by atoms with van der Waals surface area (Å²) >= 11 is 0. The standard InChI is InChI=1S/C15H20O4/c1-4-5-6-10(2)15(18)13-8-7-12(17)9-14(13)19-11(3)16/h7-10,17H,4-6H2,1-3H3. The molecule has 19 heavy (non-hydrogen) atoms. The van der Waals surface area contributed by atoms with Crippen molar-refractivity contribution in [3.8, 4) is 11.5 Å². The summed E-state index contributed by atoms with van der Waals surface area (Å²) in [5.41, 5.74) is 0.344. The lowest BCUT2D eigenvalue weighted by Crippen LogP contribution is -2.14. The van der Waals surface area contributed by atoms with Crippen LogP contribution in [0.25, 0.3) is 0 Å². The summed E-state index contributed by atoms with van der Waals surface area (Å²) in [6.45, 7) is 5.20. The van der Waals surface area contributed by atoms with Gasteiger partial charge < -0.3 is 9.84 Å². The van der Waals surface area contributed by atoms with E-state index in [1.807, 2.05) is 6.92 Å². The third kappa shape index (κ3) is 4.39. The number of unbranched alkanes of at least 4 members (excludes halogenated alkanes) is 1. The lowest BCUT2D eigenvalue weighted by atomic mass is 9.94. The van der Waals surface area contributed by atoms with Gasteiger partial charge in [0.15, 0.2) is 5.78 Å². The first kappa shape index (κ1) is 15.2. The second-order valence-corrected chi connectivity index (χ2v) is 4.68. The van der Waals surface area contributed by atoms with Crippen LogP contribution < -0.4 is 4.74 Å². The Hall–Kier alpha value is -1.84. The van der Waals surface area contributed by atoms with Crippen LogP contribution in [0.3, 0.4) is 0 Å². The molecule has 1 aromatic rings. The van der Waals surface area contributed by atoms with E-state index in [0.717, 1.165) is 19.3 Å². The summed E-state index contributed by atoms with van der Waals surface area (Å²) in [6.07, 6.45) is 2.81. The summed E-state index contributed by atoms with van der Waals surface area (Å²) in [6, 6.07) is 4.21. The second-order valence-electron chi connectivity index (χ2n) is 4.68. The van der Waals surface area contributed by atoms with E-state index in [-0.39, 0.29) is 23.2 Å². The quantitative estimate of drug-likeness (QED) is 0.486. The van der Waals surface area contributed by atoms with Gasteiger partial charge in [-0.15, -0.1) is 0 Å². The molecule has 0 saturated heterocycles. The number of carbonyl (C=O) groups excluding carboxylic acids is 2. The molecule has 0 amide bonds. The number of phenols is 1. The van der Waals surface area contributed by atoms with Crippen molar-refractivity contribution in [1.82, 2.24) is 0 Å². The number of carbonyl (C=O) groups is 2. The molecule has 0 fully saturated rings. The highest BCUT2D eigenvalue weighted by Crippen LogP contribution is 2.27. The van der Waals surface area contributed by atoms with Crippen LogP contribution in [0.2, 0.25) is 0 Å². The molecule has 1 rings (SSSR count). The zero-order chi connectivity index (χ0) is 14.4. The molecule has 4 heteroatoms. The molecular formula is C15H20O4. The van der Waals surface area contributed by atoms with Crippen molar-refractivity contribution < 1.29 is 19.4 Å². The van der Waals surface area contributed by atoms with Crippen LogP contribution in [-0.2, 0) is 4.79 Å². The van der Waals surface area contributed by atoms with E-state index in [1.165, 1.54) is 25.1 Å². The molecule has 0 aliphatic heterocycles. The molecule has 0 bridgehead atoms. The molecule has 0 aromatic heterocycles. The van der Waals surface area contributed by atoms with Crippen LogP contribution in [-0.4, -0.2) is 16.9 Å². The normalized spacial score (nSPS) is 11.9. The Balaban J connectivity index is 2.97. The van der Waals surface area contributed by atoms with Gasteiger partial charge in [-0.3, -0.25) is 9.59 Å². The molecule has 0 aliphatic carbocycles. The molecule has 1 N–H and O–H groups in total. The Morgan fingerprint density at radius 3 is 2.63 bits per heavy atom. The Labute approximate surface area is 113 Å². The van der Waals surface area contributed by atoms with Crippen molar-refractivity contribution in [2.24, 2.45) is 5.92 Å². The van der Waals surface area contributed by atoms with E-state index in [1.54, 1.807) is 0 Å². The zero-order valence-corrected chi connectivity index (χ0v) is 11.6. The third-order valence-electron chi connectivity index (χ3n) is 2.92. The number of hydrogen-bond donors (Lipinski definition) is 1. The monoisotopic (exact) mass is 264 g/mol. The molecule has 4 nitrogen and oxygen atoms in total. The van der Waals surface area contributed by atoms with E-state index in [9.17, 15) is 14.7 Å². The smallest absolute Gasteiger partial charge is 0.308 e. The summed E-state index contributed by atoms with van der Waals surface area (Å²) in [5.74, 6) is -0.612. The molecule has 104 valence electrons. The fraction of sp³-hybridized carbons (Fsp3) is 0.467. The van der Waals surface area contributed by atoms with Crippen LogP contribution in [0.4, 0.5) is 0 Å². The van der Waals surface area contributed by atoms with Crippen LogP contribution >= 0.6 is 0 Å². The van der Waals surface area contributed by atoms with Gasteiger partial charge in [0.05, 0.1) is 5.56 Å². The number of esters is 1. The molecule has 0 radical (unpaired) electrons. The predicted molar refractivity (Wildman–Crippen MR) is 72.4 cm³/mol. The predicted octanol–water partition coefficient (Wildman–Crippen LogP) is 3.33. The van der Waals surface area contributed by atoms with E-state index < -0.39 is 5.97 Å². The minimum Gasteiger partial charge on any atom is -0.508 e. The first-order chi connectivity index (χ1) is 8.95. The van der Waals surface area contributed by atoms with Crippen LogP contribution in [0, 0.1) is 5.92 Å². The number of phenolic OH excluding ortho intramolecular Hbond substituents is 1. The maximum Gasteiger partial charge on any atom is 0.308 e. The van der Waals surface area contributed by atoms with Gasteiger partial charge in [-0.2, -0.15) is 0 Å². The highest BCUT2D eigenvalue weighted by Gasteiger charge is 2.20. The molecule has 0 saturated carbocycles. The van der Waals surface area contributed by atoms with Gasteiger partial charge in [-0.1, -0.05) is 26.7 Å². The number of rotatable bonds is 6. The molecule has 0 spiro atoms. The number of Topliss-reactive ketones (excluding diaryl/α,β-unsaturated/α-hetero) is 1. The SMILES string of the molecule is CCCCC(C)C(=O)c1ccc(O)cc1OC(C)=O. The van der Waals surface area contributed by atoms with Crippen molar-refractivity contribution in [3.05, 3.63) is 23.8 Å². The van der Waals surface area contributed by atoms with Crippen LogP contribution in [0.1, 0.15) is 50.4 Å². The maximum absolute atomic E-state index is 12.3. The Morgan fingerprint density at radius 2 is 2.05 bits per heavy atom. The average Bonchev–Trinajstić information content (AvgIpc) is 2.34. The highest BCUT2D eigenvalue weighted by atomic mass is 16.5. The zero-order valence-electron chi connectivity index (χ0n) is 11.6. The van der Waals surface area contributed by atoms with Gasteiger partial charge >= 0.3 is 5.97 Å². The largest absolute Gasteiger partial charge is 0.508 e. The second kappa shape index (κ2) is 6.92. The Bertz CT molecular complexity index is 465. The van der Waals surface area contributed by atoms with E-state index in [2.05, 4.69) is 6.92 Å². The number of ketones is 1. The van der Waals surface area contributed by atoms with E-state index in [0.29, 0.717) is 5.56 Å². The molecule has 0 aliphatic rings. The summed E-state index contributed by atoms with van der Waals surface area (Å²) in [7, 11) is 0. The number of aromatic hydroxyl groups is 1. The summed E-state index contributed by atoms with van der Waals surface area (Å²) < 4.78 is 4.98. The van der Waals surface area contributed by atoms with Crippen molar-refractivity contribution in [2.75, 3.05) is 0 Å². The first-order valence-electron chi connectivity index (χ1n) is 6.51. The molecule has 1 atom stereocenters. The minimum absolute atomic E-state index is 0.0333. The van der Waals surface area contributed by atoms with Gasteiger partial charge in [-0.25, -0.2) is 0 Å². The Kier molecular flexibility index (Phi) is 5.55. The first-order valence-corrected chi connectivity index (χ1v) is 6.51. The van der Waals surface area contributed by atoms with E-state index in [4.69, 9.17) is 4.74 Å². The van der Waals surface area contributed by atoms with Gasteiger partial charge in [0.2, 0.25) is 0 Å². The number of ether oxygens (including phenoxy) is 1. The topological polar surface area (TPSA) is 63.6 Å². The lowest BCUT2D eigenvalue weighted by molar-refractivity contribution is -0.131. The average molecular weight is 264 g/mol. The number of hydrogen-bond acceptors (Lipinski definition) is 4. The molecular weight excluding hydrogens is 244 g/mol. The van der Waals surface area contributed by atoms with Crippen LogP contribution in [0.15, 0.2) is 18.2 Å². The fourth-order valence-electron chi connectivity index (χ4n) is 1.86. The van der Waals surface area contributed by atoms with Crippen molar-refractivity contribution >= 4 is 11.8 Å². The maximum atomic E-state index is 12.3. The van der Waals surface area contributed by atoms with Crippen LogP contribution in [0.5, 0.6) is 11.5 Å². The highest BCUT2D eigenvalue weighted by molar-refractivity contribution is 6.00. The van der Waals surface area contributed by atoms with Gasteiger partial charge in [0.1, 0.15) is 11.5 Å². The molecule has 1 aromatic carbocycles. The molecule has 0 heterocycles. The Morgan fingerprint density at radius 1 is 1.37 bits per heavy atom. The minimum atomic E-state index is -0.513. The van der Waals surface area contributed by atoms with Crippen molar-refractivity contribution in [1.29, 1.82) is 0 Å². The van der Waals surface area contributed by atoms with Crippen molar-refractivity contribution in [2.45, 2.75) is 40.0 Å². The molecule has 1 unspecified atom stereocenters. The fourth-order valence-corrected chi connectivity index (χ4v) is 1.86. The van der Waals surface area contributed by atoms with Gasteiger partial charge in [0.25, 0.3) is 0 Å². The lowest BCUT2D eigenvalue weighted by Gasteiger charge is -2.13. The summed E-state index contributed by atoms with van der Waals surface area (Å²) in [5, 5.41) is 9.41. The summed E-state index contributed by atoms with van der Waals surface area (Å²) in [4.78, 5) is 23.3. The third-order valence-corrected chi connectivity index (χ3v) is 2.92. The van der Waals surface area contributed by atoms with Crippen molar-refractivity contribution in [3.63, 3.8) is 0 Å². The van der Waals surface area contributed by atoms with Gasteiger partial charge in [0, 0.05) is 18.9 Å². The van der Waals surface area contributed by atoms with Gasteiger partial charge in [-0.05, 0) is 18.6 Å².